The fourth-order valence-corrected chi connectivity index (χ4v) is 5.93. The van der Waals surface area contributed by atoms with Crippen LogP contribution in [0.25, 0.3) is 0 Å². The minimum atomic E-state index is -0.702. The smallest absolute Gasteiger partial charge is 0.115 e. The van der Waals surface area contributed by atoms with E-state index in [0.717, 1.165) is 25.1 Å². The molecule has 4 unspecified atom stereocenters. The number of hydrogen-bond acceptors (Lipinski definition) is 4. The van der Waals surface area contributed by atoms with Gasteiger partial charge in [0.25, 0.3) is 0 Å². The predicted molar refractivity (Wildman–Crippen MR) is 104 cm³/mol. The zero-order chi connectivity index (χ0) is 18.6. The molecule has 2 aliphatic carbocycles. The topological polar surface area (TPSA) is 63.9 Å². The number of phenolic OH excluding ortho intramolecular Hbond substituents is 1. The number of aliphatic hydroxyl groups excluding tert-OH is 1. The molecule has 1 saturated carbocycles. The lowest BCUT2D eigenvalue weighted by Gasteiger charge is -2.41. The summed E-state index contributed by atoms with van der Waals surface area (Å²) in [5, 5.41) is 31.7. The summed E-state index contributed by atoms with van der Waals surface area (Å²) < 4.78 is 0. The molecule has 0 amide bonds. The first-order valence-corrected chi connectivity index (χ1v) is 9.99. The van der Waals surface area contributed by atoms with Crippen molar-refractivity contribution in [3.8, 4) is 5.75 Å². The van der Waals surface area contributed by atoms with Crippen LogP contribution < -0.4 is 0 Å². The fourth-order valence-electron chi connectivity index (χ4n) is 5.93. The third-order valence-corrected chi connectivity index (χ3v) is 6.90. The number of likely N-dealkylation sites (tertiary alicyclic amines) is 1. The number of nitrogens with zero attached hydrogens (tertiary/aromatic N) is 1. The van der Waals surface area contributed by atoms with E-state index in [4.69, 9.17) is 0 Å². The van der Waals surface area contributed by atoms with Crippen LogP contribution in [0.2, 0.25) is 0 Å². The molecular formula is C23H27NO3. The molecule has 2 fully saturated rings. The van der Waals surface area contributed by atoms with Crippen molar-refractivity contribution in [3.05, 3.63) is 65.2 Å². The monoisotopic (exact) mass is 365 g/mol. The van der Waals surface area contributed by atoms with Gasteiger partial charge < -0.3 is 15.3 Å². The summed E-state index contributed by atoms with van der Waals surface area (Å²) in [5.74, 6) is 1.12. The average molecular weight is 365 g/mol. The third-order valence-electron chi connectivity index (χ3n) is 6.90. The lowest BCUT2D eigenvalue weighted by molar-refractivity contribution is -0.00950. The van der Waals surface area contributed by atoms with Crippen molar-refractivity contribution in [2.24, 2.45) is 11.8 Å². The largest absolute Gasteiger partial charge is 0.508 e. The molecular weight excluding hydrogens is 338 g/mol. The standard InChI is InChI=1S/C23H27NO3/c25-19-7-3-6-15(8-19)22-18-9-21(26)20(22)13-24(12-18)14-23(27)10-16-4-1-2-5-17(16)11-23/h1-8,18,20-22,25-27H,9-14H2. The minimum absolute atomic E-state index is 0.165. The number of aromatic hydroxyl groups is 1. The van der Waals surface area contributed by atoms with Crippen LogP contribution in [0.1, 0.15) is 29.0 Å². The Bertz CT molecular complexity index is 826. The van der Waals surface area contributed by atoms with Crippen molar-refractivity contribution in [2.45, 2.75) is 36.9 Å². The van der Waals surface area contributed by atoms with Crippen LogP contribution in [0.5, 0.6) is 5.75 Å². The van der Waals surface area contributed by atoms with Crippen molar-refractivity contribution in [1.29, 1.82) is 0 Å². The first kappa shape index (κ1) is 17.2. The average Bonchev–Trinajstić information content (AvgIpc) is 3.06. The van der Waals surface area contributed by atoms with E-state index in [1.54, 1.807) is 6.07 Å². The molecule has 0 aromatic heterocycles. The van der Waals surface area contributed by atoms with Gasteiger partial charge in [0.2, 0.25) is 0 Å². The molecule has 1 aliphatic heterocycles. The Labute approximate surface area is 160 Å². The van der Waals surface area contributed by atoms with Crippen molar-refractivity contribution in [2.75, 3.05) is 19.6 Å². The fraction of sp³-hybridized carbons (Fsp3) is 0.478. The van der Waals surface area contributed by atoms with E-state index in [1.807, 2.05) is 24.3 Å². The lowest BCUT2D eigenvalue weighted by Crippen LogP contribution is -2.50. The molecule has 27 heavy (non-hydrogen) atoms. The molecule has 4 nitrogen and oxygen atoms in total. The van der Waals surface area contributed by atoms with Crippen molar-refractivity contribution in [3.63, 3.8) is 0 Å². The molecule has 3 N–H and O–H groups in total. The highest BCUT2D eigenvalue weighted by molar-refractivity contribution is 5.36. The van der Waals surface area contributed by atoms with Gasteiger partial charge in [0.15, 0.2) is 0 Å². The van der Waals surface area contributed by atoms with E-state index in [1.165, 1.54) is 11.1 Å². The van der Waals surface area contributed by atoms with Crippen molar-refractivity contribution in [1.82, 2.24) is 4.90 Å². The summed E-state index contributed by atoms with van der Waals surface area (Å²) in [6.07, 6.45) is 1.93. The number of β-amino-alcohol motifs (C(OH)–C–C–N with tert-alkyl or cyclic N) is 1. The normalized spacial score (nSPS) is 31.8. The van der Waals surface area contributed by atoms with Crippen LogP contribution in [0.4, 0.5) is 0 Å². The van der Waals surface area contributed by atoms with Crippen LogP contribution in [0, 0.1) is 11.8 Å². The Morgan fingerprint density at radius 1 is 1.00 bits per heavy atom. The molecule has 4 heteroatoms. The van der Waals surface area contributed by atoms with E-state index in [-0.39, 0.29) is 12.0 Å². The number of phenols is 1. The highest BCUT2D eigenvalue weighted by atomic mass is 16.3. The molecule has 142 valence electrons. The quantitative estimate of drug-likeness (QED) is 0.781. The van der Waals surface area contributed by atoms with Crippen molar-refractivity contribution >= 4 is 0 Å². The summed E-state index contributed by atoms with van der Waals surface area (Å²) >= 11 is 0. The van der Waals surface area contributed by atoms with Gasteiger partial charge in [-0.05, 0) is 47.1 Å². The summed E-state index contributed by atoms with van der Waals surface area (Å²) in [5.41, 5.74) is 2.95. The number of piperidine rings is 1. The first-order valence-electron chi connectivity index (χ1n) is 9.99. The van der Waals surface area contributed by atoms with Crippen LogP contribution in [-0.4, -0.2) is 51.6 Å². The van der Waals surface area contributed by atoms with Gasteiger partial charge in [-0.3, -0.25) is 4.90 Å². The number of benzene rings is 2. The number of aliphatic hydroxyl groups is 2. The van der Waals surface area contributed by atoms with Crippen LogP contribution >= 0.6 is 0 Å². The summed E-state index contributed by atoms with van der Waals surface area (Å²) in [4.78, 5) is 2.36. The summed E-state index contributed by atoms with van der Waals surface area (Å²) in [7, 11) is 0. The summed E-state index contributed by atoms with van der Waals surface area (Å²) in [6.45, 7) is 2.36. The molecule has 2 bridgehead atoms. The molecule has 5 rings (SSSR count). The second-order valence-electron chi connectivity index (χ2n) is 8.89. The molecule has 4 atom stereocenters. The predicted octanol–water partition coefficient (Wildman–Crippen LogP) is 2.32. The Kier molecular flexibility index (Phi) is 4.04. The molecule has 1 saturated heterocycles. The van der Waals surface area contributed by atoms with Crippen molar-refractivity contribution < 1.29 is 15.3 Å². The third kappa shape index (κ3) is 3.06. The van der Waals surface area contributed by atoms with Gasteiger partial charge in [0, 0.05) is 38.4 Å². The van der Waals surface area contributed by atoms with Gasteiger partial charge in [-0.2, -0.15) is 0 Å². The number of rotatable bonds is 3. The van der Waals surface area contributed by atoms with Gasteiger partial charge in [-0.1, -0.05) is 36.4 Å². The van der Waals surface area contributed by atoms with Crippen LogP contribution in [0.15, 0.2) is 48.5 Å². The molecule has 3 aliphatic rings. The molecule has 1 heterocycles. The zero-order valence-corrected chi connectivity index (χ0v) is 15.5. The summed E-state index contributed by atoms with van der Waals surface area (Å²) in [6, 6.07) is 15.8. The SMILES string of the molecule is Oc1cccc(C2C3CC(O)C2CN(CC2(O)Cc4ccccc4C2)C3)c1. The lowest BCUT2D eigenvalue weighted by atomic mass is 9.79. The zero-order valence-electron chi connectivity index (χ0n) is 15.5. The Balaban J connectivity index is 1.33. The minimum Gasteiger partial charge on any atom is -0.508 e. The Morgan fingerprint density at radius 2 is 1.74 bits per heavy atom. The van der Waals surface area contributed by atoms with Gasteiger partial charge in [0.05, 0.1) is 11.7 Å². The molecule has 0 spiro atoms. The highest BCUT2D eigenvalue weighted by Gasteiger charge is 2.49. The van der Waals surface area contributed by atoms with Gasteiger partial charge >= 0.3 is 0 Å². The van der Waals surface area contributed by atoms with E-state index in [2.05, 4.69) is 23.1 Å². The molecule has 0 radical (unpaired) electrons. The molecule has 2 aromatic carbocycles. The maximum atomic E-state index is 11.2. The Hall–Kier alpha value is -1.88. The molecule has 2 aromatic rings. The van der Waals surface area contributed by atoms with E-state index in [9.17, 15) is 15.3 Å². The number of hydrogen-bond donors (Lipinski definition) is 3. The van der Waals surface area contributed by atoms with E-state index >= 15 is 0 Å². The van der Waals surface area contributed by atoms with E-state index < -0.39 is 5.60 Å². The van der Waals surface area contributed by atoms with Crippen LogP contribution in [0.3, 0.4) is 0 Å². The second kappa shape index (κ2) is 6.33. The maximum absolute atomic E-state index is 11.2. The highest BCUT2D eigenvalue weighted by Crippen LogP contribution is 2.49. The maximum Gasteiger partial charge on any atom is 0.115 e. The van der Waals surface area contributed by atoms with Gasteiger partial charge in [-0.25, -0.2) is 0 Å². The second-order valence-corrected chi connectivity index (χ2v) is 8.89. The number of fused-ring (bicyclic) bond motifs is 3. The van der Waals surface area contributed by atoms with Gasteiger partial charge in [-0.15, -0.1) is 0 Å². The Morgan fingerprint density at radius 3 is 2.41 bits per heavy atom. The van der Waals surface area contributed by atoms with Crippen LogP contribution in [-0.2, 0) is 12.8 Å². The van der Waals surface area contributed by atoms with E-state index in [0.29, 0.717) is 37.0 Å². The first-order chi connectivity index (χ1) is 13.0. The van der Waals surface area contributed by atoms with Gasteiger partial charge in [0.1, 0.15) is 5.75 Å².